The first kappa shape index (κ1) is 14.9. The van der Waals surface area contributed by atoms with E-state index in [-0.39, 0.29) is 18.0 Å². The molecule has 1 amide bonds. The fraction of sp³-hybridized carbons (Fsp3) is 0.417. The molecule has 1 atom stereocenters. The lowest BCUT2D eigenvalue weighted by Crippen LogP contribution is -2.40. The van der Waals surface area contributed by atoms with Crippen molar-refractivity contribution in [2.75, 3.05) is 12.0 Å². The van der Waals surface area contributed by atoms with Crippen molar-refractivity contribution in [2.45, 2.75) is 19.0 Å². The monoisotopic (exact) mass is 274 g/mol. The Morgan fingerprint density at radius 3 is 2.83 bits per heavy atom. The molecule has 18 heavy (non-hydrogen) atoms. The highest BCUT2D eigenvalue weighted by molar-refractivity contribution is 7.98. The molecule has 0 saturated heterocycles. The predicted octanol–water partition coefficient (Wildman–Crippen LogP) is 1.66. The lowest BCUT2D eigenvalue weighted by atomic mass is 10.2. The maximum Gasteiger partial charge on any atom is 0.237 e. The minimum Gasteiger partial charge on any atom is -0.351 e. The van der Waals surface area contributed by atoms with E-state index in [0.29, 0.717) is 6.42 Å². The van der Waals surface area contributed by atoms with Gasteiger partial charge in [-0.3, -0.25) is 4.79 Å². The standard InChI is InChI=1S/C12H16F2N2OS/c1-18-5-4-11(15)12(17)16-7-8-2-3-9(13)6-10(8)14/h2-3,6,11H,4-5,7,15H2,1H3,(H,16,17)/t11-/m0/s1. The van der Waals surface area contributed by atoms with Gasteiger partial charge in [-0.15, -0.1) is 0 Å². The third-order valence-electron chi connectivity index (χ3n) is 2.44. The average molecular weight is 274 g/mol. The third-order valence-corrected chi connectivity index (χ3v) is 3.08. The van der Waals surface area contributed by atoms with Gasteiger partial charge in [-0.25, -0.2) is 8.78 Å². The summed E-state index contributed by atoms with van der Waals surface area (Å²) in [6.07, 6.45) is 2.50. The van der Waals surface area contributed by atoms with Crippen molar-refractivity contribution in [1.82, 2.24) is 5.32 Å². The fourth-order valence-corrected chi connectivity index (χ4v) is 1.84. The SMILES string of the molecule is CSCC[C@H](N)C(=O)NCc1ccc(F)cc1F. The van der Waals surface area contributed by atoms with E-state index in [4.69, 9.17) is 5.73 Å². The number of carbonyl (C=O) groups is 1. The molecule has 0 saturated carbocycles. The highest BCUT2D eigenvalue weighted by atomic mass is 32.2. The summed E-state index contributed by atoms with van der Waals surface area (Å²) in [5, 5.41) is 2.53. The van der Waals surface area contributed by atoms with Gasteiger partial charge in [0.25, 0.3) is 0 Å². The Kier molecular flexibility index (Phi) is 6.07. The second kappa shape index (κ2) is 7.33. The summed E-state index contributed by atoms with van der Waals surface area (Å²) < 4.78 is 25.9. The molecule has 0 aliphatic carbocycles. The van der Waals surface area contributed by atoms with E-state index >= 15 is 0 Å². The van der Waals surface area contributed by atoms with Crippen molar-refractivity contribution in [3.63, 3.8) is 0 Å². The van der Waals surface area contributed by atoms with E-state index in [1.54, 1.807) is 11.8 Å². The lowest BCUT2D eigenvalue weighted by Gasteiger charge is -2.12. The summed E-state index contributed by atoms with van der Waals surface area (Å²) in [6, 6.07) is 2.65. The zero-order valence-corrected chi connectivity index (χ0v) is 10.9. The van der Waals surface area contributed by atoms with Gasteiger partial charge in [-0.05, 0) is 24.5 Å². The number of hydrogen-bond acceptors (Lipinski definition) is 3. The average Bonchev–Trinajstić information content (AvgIpc) is 2.34. The molecule has 0 bridgehead atoms. The van der Waals surface area contributed by atoms with Crippen LogP contribution in [0.2, 0.25) is 0 Å². The molecule has 0 aliphatic heterocycles. The van der Waals surface area contributed by atoms with E-state index in [2.05, 4.69) is 5.32 Å². The van der Waals surface area contributed by atoms with Crippen LogP contribution in [0.4, 0.5) is 8.78 Å². The zero-order chi connectivity index (χ0) is 13.5. The number of thioether (sulfide) groups is 1. The van der Waals surface area contributed by atoms with Crippen molar-refractivity contribution in [1.29, 1.82) is 0 Å². The number of rotatable bonds is 6. The summed E-state index contributed by atoms with van der Waals surface area (Å²) >= 11 is 1.60. The molecule has 3 nitrogen and oxygen atoms in total. The lowest BCUT2D eigenvalue weighted by molar-refractivity contribution is -0.122. The smallest absolute Gasteiger partial charge is 0.237 e. The van der Waals surface area contributed by atoms with Gasteiger partial charge in [0, 0.05) is 18.2 Å². The second-order valence-corrected chi connectivity index (χ2v) is 4.83. The van der Waals surface area contributed by atoms with E-state index in [1.807, 2.05) is 6.26 Å². The van der Waals surface area contributed by atoms with Crippen LogP contribution in [0, 0.1) is 11.6 Å². The van der Waals surface area contributed by atoms with Crippen LogP contribution in [0.3, 0.4) is 0 Å². The largest absolute Gasteiger partial charge is 0.351 e. The Bertz CT molecular complexity index is 415. The Morgan fingerprint density at radius 2 is 2.22 bits per heavy atom. The molecule has 0 aromatic heterocycles. The molecule has 0 spiro atoms. The minimum atomic E-state index is -0.673. The van der Waals surface area contributed by atoms with Gasteiger partial charge in [0.2, 0.25) is 5.91 Å². The van der Waals surface area contributed by atoms with E-state index in [1.165, 1.54) is 6.07 Å². The van der Waals surface area contributed by atoms with Crippen LogP contribution < -0.4 is 11.1 Å². The van der Waals surface area contributed by atoms with Crippen molar-refractivity contribution in [2.24, 2.45) is 5.73 Å². The Morgan fingerprint density at radius 1 is 1.50 bits per heavy atom. The van der Waals surface area contributed by atoms with Crippen LogP contribution in [0.1, 0.15) is 12.0 Å². The number of halogens is 2. The van der Waals surface area contributed by atoms with Crippen LogP contribution in [0.5, 0.6) is 0 Å². The summed E-state index contributed by atoms with van der Waals surface area (Å²) in [5.41, 5.74) is 5.89. The Labute approximate surface area is 109 Å². The maximum atomic E-state index is 13.3. The van der Waals surface area contributed by atoms with Crippen molar-refractivity contribution in [3.05, 3.63) is 35.4 Å². The van der Waals surface area contributed by atoms with Gasteiger partial charge in [-0.2, -0.15) is 11.8 Å². The van der Waals surface area contributed by atoms with E-state index in [9.17, 15) is 13.6 Å². The summed E-state index contributed by atoms with van der Waals surface area (Å²) in [7, 11) is 0. The summed E-state index contributed by atoms with van der Waals surface area (Å²) in [5.74, 6) is -0.848. The maximum absolute atomic E-state index is 13.3. The topological polar surface area (TPSA) is 55.1 Å². The molecule has 3 N–H and O–H groups in total. The van der Waals surface area contributed by atoms with Crippen LogP contribution in [-0.2, 0) is 11.3 Å². The van der Waals surface area contributed by atoms with Gasteiger partial charge in [0.1, 0.15) is 11.6 Å². The highest BCUT2D eigenvalue weighted by Crippen LogP contribution is 2.09. The molecule has 1 aromatic rings. The zero-order valence-electron chi connectivity index (χ0n) is 10.1. The molecule has 1 aromatic carbocycles. The number of nitrogens with one attached hydrogen (secondary N) is 1. The molecule has 1 rings (SSSR count). The summed E-state index contributed by atoms with van der Waals surface area (Å²) in [4.78, 5) is 11.6. The fourth-order valence-electron chi connectivity index (χ4n) is 1.35. The molecule has 0 radical (unpaired) electrons. The number of benzene rings is 1. The van der Waals surface area contributed by atoms with Crippen molar-refractivity contribution < 1.29 is 13.6 Å². The van der Waals surface area contributed by atoms with Gasteiger partial charge in [0.15, 0.2) is 0 Å². The van der Waals surface area contributed by atoms with Crippen LogP contribution in [0.15, 0.2) is 18.2 Å². The van der Waals surface area contributed by atoms with E-state index < -0.39 is 17.7 Å². The quantitative estimate of drug-likeness (QED) is 0.829. The van der Waals surface area contributed by atoms with Crippen molar-refractivity contribution in [3.8, 4) is 0 Å². The van der Waals surface area contributed by atoms with Gasteiger partial charge in [-0.1, -0.05) is 6.07 Å². The molecular formula is C12H16F2N2OS. The molecule has 0 aliphatic rings. The van der Waals surface area contributed by atoms with Crippen LogP contribution in [0.25, 0.3) is 0 Å². The molecule has 0 heterocycles. The predicted molar refractivity (Wildman–Crippen MR) is 69.2 cm³/mol. The summed E-state index contributed by atoms with van der Waals surface area (Å²) in [6.45, 7) is 0.0118. The van der Waals surface area contributed by atoms with E-state index in [0.717, 1.165) is 17.9 Å². The normalized spacial score (nSPS) is 12.2. The molecule has 6 heteroatoms. The van der Waals surface area contributed by atoms with Gasteiger partial charge < -0.3 is 11.1 Å². The number of amides is 1. The molecule has 100 valence electrons. The molecule has 0 fully saturated rings. The molecular weight excluding hydrogens is 258 g/mol. The minimum absolute atomic E-state index is 0.0118. The van der Waals surface area contributed by atoms with Gasteiger partial charge in [0.05, 0.1) is 6.04 Å². The second-order valence-electron chi connectivity index (χ2n) is 3.84. The number of hydrogen-bond donors (Lipinski definition) is 2. The van der Waals surface area contributed by atoms with Crippen molar-refractivity contribution >= 4 is 17.7 Å². The van der Waals surface area contributed by atoms with Crippen LogP contribution >= 0.6 is 11.8 Å². The first-order valence-corrected chi connectivity index (χ1v) is 6.90. The van der Waals surface area contributed by atoms with Gasteiger partial charge >= 0.3 is 0 Å². The first-order valence-electron chi connectivity index (χ1n) is 5.50. The number of nitrogens with two attached hydrogens (primary N) is 1. The highest BCUT2D eigenvalue weighted by Gasteiger charge is 2.13. The Hall–Kier alpha value is -1.14. The molecule has 0 unspecified atom stereocenters. The van der Waals surface area contributed by atoms with Crippen LogP contribution in [-0.4, -0.2) is 24.0 Å². The first-order chi connectivity index (χ1) is 8.54. The third kappa shape index (κ3) is 4.62. The Balaban J connectivity index is 2.47. The number of carbonyl (C=O) groups excluding carboxylic acids is 1.